The van der Waals surface area contributed by atoms with E-state index in [4.69, 9.17) is 23.7 Å². The van der Waals surface area contributed by atoms with E-state index in [1.807, 2.05) is 0 Å². The first-order valence-corrected chi connectivity index (χ1v) is 8.69. The Morgan fingerprint density at radius 2 is 1.92 bits per heavy atom. The smallest absolute Gasteiger partial charge is 0.330 e. The van der Waals surface area contributed by atoms with Gasteiger partial charge in [-0.25, -0.2) is 4.79 Å². The Hall–Kier alpha value is -1.48. The summed E-state index contributed by atoms with van der Waals surface area (Å²) >= 11 is 0. The normalized spacial score (nSPS) is 30.1. The molecule has 2 heterocycles. The molecular formula is C18H28O8. The number of ether oxygens (including phenoxy) is 5. The fourth-order valence-electron chi connectivity index (χ4n) is 2.70. The van der Waals surface area contributed by atoms with E-state index in [0.29, 0.717) is 5.57 Å². The van der Waals surface area contributed by atoms with Crippen molar-refractivity contribution in [2.75, 3.05) is 13.2 Å². The molecule has 1 N–H and O–H groups in total. The molecule has 0 spiro atoms. The van der Waals surface area contributed by atoms with Crippen LogP contribution in [0.2, 0.25) is 0 Å². The van der Waals surface area contributed by atoms with Crippen LogP contribution in [0.5, 0.6) is 0 Å². The molecular weight excluding hydrogens is 344 g/mol. The number of fused-ring (bicyclic) bond motifs is 1. The van der Waals surface area contributed by atoms with Gasteiger partial charge in [-0.2, -0.15) is 0 Å². The van der Waals surface area contributed by atoms with E-state index < -0.39 is 47.7 Å². The van der Waals surface area contributed by atoms with Gasteiger partial charge < -0.3 is 28.8 Å². The van der Waals surface area contributed by atoms with Gasteiger partial charge in [-0.3, -0.25) is 4.79 Å². The van der Waals surface area contributed by atoms with Gasteiger partial charge in [-0.05, 0) is 41.5 Å². The quantitative estimate of drug-likeness (QED) is 0.569. The van der Waals surface area contributed by atoms with Gasteiger partial charge in [-0.1, -0.05) is 0 Å². The molecule has 8 heteroatoms. The monoisotopic (exact) mass is 372 g/mol. The minimum atomic E-state index is -1.18. The van der Waals surface area contributed by atoms with Gasteiger partial charge in [0, 0.05) is 11.6 Å². The first-order chi connectivity index (χ1) is 11.9. The highest BCUT2D eigenvalue weighted by atomic mass is 16.8. The lowest BCUT2D eigenvalue weighted by Gasteiger charge is -2.25. The Balaban J connectivity index is 2.13. The predicted octanol–water partition coefficient (Wildman–Crippen LogP) is 1.30. The zero-order valence-electron chi connectivity index (χ0n) is 16.1. The third kappa shape index (κ3) is 4.82. The molecule has 0 aliphatic carbocycles. The summed E-state index contributed by atoms with van der Waals surface area (Å²) in [6.07, 6.45) is -2.24. The van der Waals surface area contributed by atoms with Crippen molar-refractivity contribution >= 4 is 11.9 Å². The van der Waals surface area contributed by atoms with Gasteiger partial charge in [0.05, 0.1) is 12.0 Å². The third-order valence-electron chi connectivity index (χ3n) is 3.91. The lowest BCUT2D eigenvalue weighted by atomic mass is 9.97. The van der Waals surface area contributed by atoms with E-state index in [1.54, 1.807) is 41.5 Å². The van der Waals surface area contributed by atoms with Gasteiger partial charge in [-0.15, -0.1) is 0 Å². The molecule has 8 nitrogen and oxygen atoms in total. The minimum absolute atomic E-state index is 0.219. The Kier molecular flexibility index (Phi) is 6.12. The van der Waals surface area contributed by atoms with Crippen LogP contribution in [0.1, 0.15) is 41.5 Å². The van der Waals surface area contributed by atoms with E-state index in [2.05, 4.69) is 0 Å². The molecule has 0 bridgehead atoms. The average Bonchev–Trinajstić information content (AvgIpc) is 2.97. The fourth-order valence-corrected chi connectivity index (χ4v) is 2.70. The molecule has 4 atom stereocenters. The molecule has 0 aromatic heterocycles. The number of rotatable bonds is 5. The lowest BCUT2D eigenvalue weighted by molar-refractivity contribution is -0.211. The number of hydrogen-bond donors (Lipinski definition) is 1. The highest BCUT2D eigenvalue weighted by Gasteiger charge is 2.53. The molecule has 0 amide bonds. The van der Waals surface area contributed by atoms with Crippen molar-refractivity contribution in [3.05, 3.63) is 11.6 Å². The SMILES string of the molecule is CCOC(=O)/C=C1/[C@H]2OC(C)(C)O[C@H]2O[C@@H]1[C@H](O)COC(=O)C(C)(C)C. The second-order valence-corrected chi connectivity index (χ2v) is 7.79. The van der Waals surface area contributed by atoms with Crippen molar-refractivity contribution in [3.63, 3.8) is 0 Å². The molecule has 0 saturated carbocycles. The third-order valence-corrected chi connectivity index (χ3v) is 3.91. The van der Waals surface area contributed by atoms with Crippen LogP contribution >= 0.6 is 0 Å². The maximum absolute atomic E-state index is 11.9. The van der Waals surface area contributed by atoms with Crippen molar-refractivity contribution in [2.45, 2.75) is 71.9 Å². The maximum Gasteiger partial charge on any atom is 0.330 e. The second-order valence-electron chi connectivity index (χ2n) is 7.79. The van der Waals surface area contributed by atoms with E-state index in [9.17, 15) is 14.7 Å². The maximum atomic E-state index is 11.9. The topological polar surface area (TPSA) is 101 Å². The van der Waals surface area contributed by atoms with E-state index in [1.165, 1.54) is 6.08 Å². The summed E-state index contributed by atoms with van der Waals surface area (Å²) < 4.78 is 27.3. The highest BCUT2D eigenvalue weighted by molar-refractivity contribution is 5.83. The molecule has 2 aliphatic heterocycles. The Morgan fingerprint density at radius 3 is 2.50 bits per heavy atom. The number of aliphatic hydroxyl groups is 1. The summed E-state index contributed by atoms with van der Waals surface area (Å²) in [5.41, 5.74) is -0.287. The van der Waals surface area contributed by atoms with Gasteiger partial charge >= 0.3 is 11.9 Å². The standard InChI is InChI=1S/C18H28O8/c1-7-22-12(20)8-10-13(11(19)9-23-16(21)17(2,3)4)24-15-14(10)25-18(5,6)26-15/h8,11,13-15,19H,7,9H2,1-6H3/b10-8+/t11-,13+,14-,15-/m1/s1. The Labute approximate surface area is 153 Å². The number of hydrogen-bond acceptors (Lipinski definition) is 8. The molecule has 148 valence electrons. The van der Waals surface area contributed by atoms with E-state index in [-0.39, 0.29) is 13.2 Å². The first kappa shape index (κ1) is 20.8. The molecule has 0 aromatic carbocycles. The summed E-state index contributed by atoms with van der Waals surface area (Å²) in [6.45, 7) is 10.2. The highest BCUT2D eigenvalue weighted by Crippen LogP contribution is 2.41. The molecule has 2 saturated heterocycles. The van der Waals surface area contributed by atoms with Crippen molar-refractivity contribution in [1.82, 2.24) is 0 Å². The van der Waals surface area contributed by atoms with Gasteiger partial charge in [0.2, 0.25) is 0 Å². The van der Waals surface area contributed by atoms with E-state index >= 15 is 0 Å². The molecule has 2 aliphatic rings. The predicted molar refractivity (Wildman–Crippen MR) is 89.8 cm³/mol. The van der Waals surface area contributed by atoms with Gasteiger partial charge in [0.1, 0.15) is 24.9 Å². The van der Waals surface area contributed by atoms with Crippen molar-refractivity contribution < 1.29 is 38.4 Å². The number of carbonyl (C=O) groups excluding carboxylic acids is 2. The van der Waals surface area contributed by atoms with Crippen molar-refractivity contribution in [3.8, 4) is 0 Å². The van der Waals surface area contributed by atoms with Crippen molar-refractivity contribution in [1.29, 1.82) is 0 Å². The van der Waals surface area contributed by atoms with Crippen LogP contribution < -0.4 is 0 Å². The largest absolute Gasteiger partial charge is 0.463 e. The van der Waals surface area contributed by atoms with Crippen LogP contribution in [0, 0.1) is 5.41 Å². The van der Waals surface area contributed by atoms with Crippen LogP contribution in [0.4, 0.5) is 0 Å². The summed E-state index contributed by atoms with van der Waals surface area (Å²) in [6, 6.07) is 0. The summed E-state index contributed by atoms with van der Waals surface area (Å²) in [4.78, 5) is 23.8. The van der Waals surface area contributed by atoms with Crippen LogP contribution in [-0.2, 0) is 33.3 Å². The fraction of sp³-hybridized carbons (Fsp3) is 0.778. The molecule has 26 heavy (non-hydrogen) atoms. The van der Waals surface area contributed by atoms with Crippen LogP contribution in [0.25, 0.3) is 0 Å². The number of carbonyl (C=O) groups is 2. The van der Waals surface area contributed by atoms with E-state index in [0.717, 1.165) is 0 Å². The zero-order chi connectivity index (χ0) is 19.7. The summed E-state index contributed by atoms with van der Waals surface area (Å²) in [7, 11) is 0. The average molecular weight is 372 g/mol. The summed E-state index contributed by atoms with van der Waals surface area (Å²) in [5.74, 6) is -1.89. The Morgan fingerprint density at radius 1 is 1.27 bits per heavy atom. The Bertz CT molecular complexity index is 574. The zero-order valence-corrected chi connectivity index (χ0v) is 16.1. The molecule has 2 rings (SSSR count). The molecule has 0 unspecified atom stereocenters. The second kappa shape index (κ2) is 7.64. The summed E-state index contributed by atoms with van der Waals surface area (Å²) in [5, 5.41) is 10.5. The van der Waals surface area contributed by atoms with Crippen LogP contribution in [-0.4, -0.2) is 60.6 Å². The first-order valence-electron chi connectivity index (χ1n) is 8.69. The van der Waals surface area contributed by atoms with Crippen molar-refractivity contribution in [2.24, 2.45) is 5.41 Å². The van der Waals surface area contributed by atoms with Crippen LogP contribution in [0.3, 0.4) is 0 Å². The molecule has 0 radical (unpaired) electrons. The molecule has 2 fully saturated rings. The number of esters is 2. The number of aliphatic hydroxyl groups excluding tert-OH is 1. The molecule has 0 aromatic rings. The van der Waals surface area contributed by atoms with Crippen LogP contribution in [0.15, 0.2) is 11.6 Å². The van der Waals surface area contributed by atoms with Gasteiger partial charge in [0.15, 0.2) is 12.1 Å². The van der Waals surface area contributed by atoms with Gasteiger partial charge in [0.25, 0.3) is 0 Å². The minimum Gasteiger partial charge on any atom is -0.463 e. The lowest BCUT2D eigenvalue weighted by Crippen LogP contribution is -2.37.